The highest BCUT2D eigenvalue weighted by atomic mass is 16.2. The molecule has 2 aromatic rings. The van der Waals surface area contributed by atoms with Crippen molar-refractivity contribution in [2.24, 2.45) is 0 Å². The van der Waals surface area contributed by atoms with E-state index < -0.39 is 0 Å². The van der Waals surface area contributed by atoms with Crippen LogP contribution in [0.15, 0.2) is 48.8 Å². The van der Waals surface area contributed by atoms with E-state index in [2.05, 4.69) is 10.3 Å². The molecule has 3 rings (SSSR count). The second-order valence-corrected chi connectivity index (χ2v) is 6.12. The first-order chi connectivity index (χ1) is 11.6. The lowest BCUT2D eigenvalue weighted by Crippen LogP contribution is -2.33. The lowest BCUT2D eigenvalue weighted by molar-refractivity contribution is 0.0937. The van der Waals surface area contributed by atoms with Gasteiger partial charge in [-0.05, 0) is 31.0 Å². The number of anilines is 1. The van der Waals surface area contributed by atoms with E-state index in [1.807, 2.05) is 30.3 Å². The number of rotatable bonds is 4. The third-order valence-corrected chi connectivity index (χ3v) is 4.39. The predicted molar refractivity (Wildman–Crippen MR) is 93.1 cm³/mol. The fourth-order valence-electron chi connectivity index (χ4n) is 2.98. The van der Waals surface area contributed by atoms with Crippen molar-refractivity contribution < 1.29 is 9.59 Å². The lowest BCUT2D eigenvalue weighted by atomic mass is 10.1. The number of para-hydroxylation sites is 1. The predicted octanol–water partition coefficient (Wildman–Crippen LogP) is 3.03. The zero-order valence-electron chi connectivity index (χ0n) is 13.7. The minimum absolute atomic E-state index is 0.161. The van der Waals surface area contributed by atoms with Crippen molar-refractivity contribution in [2.75, 3.05) is 11.9 Å². The molecule has 5 heteroatoms. The van der Waals surface area contributed by atoms with E-state index >= 15 is 0 Å². The Hall–Kier alpha value is -2.69. The summed E-state index contributed by atoms with van der Waals surface area (Å²) in [6, 6.07) is 11.2. The third kappa shape index (κ3) is 3.62. The van der Waals surface area contributed by atoms with Crippen LogP contribution in [-0.2, 0) is 0 Å². The van der Waals surface area contributed by atoms with Gasteiger partial charge in [-0.25, -0.2) is 0 Å². The molecule has 124 valence electrons. The lowest BCUT2D eigenvalue weighted by Gasteiger charge is -2.17. The first-order valence-electron chi connectivity index (χ1n) is 8.24. The molecule has 0 bridgehead atoms. The molecule has 0 unspecified atom stereocenters. The van der Waals surface area contributed by atoms with Crippen LogP contribution in [0.25, 0.3) is 0 Å². The monoisotopic (exact) mass is 323 g/mol. The number of carbonyl (C=O) groups is 2. The molecule has 5 nitrogen and oxygen atoms in total. The van der Waals surface area contributed by atoms with Gasteiger partial charge in [-0.1, -0.05) is 31.0 Å². The summed E-state index contributed by atoms with van der Waals surface area (Å²) >= 11 is 0. The first kappa shape index (κ1) is 16.2. The van der Waals surface area contributed by atoms with Crippen LogP contribution in [0.2, 0.25) is 0 Å². The summed E-state index contributed by atoms with van der Waals surface area (Å²) in [5, 5.41) is 3.02. The van der Waals surface area contributed by atoms with Gasteiger partial charge in [0, 0.05) is 31.2 Å². The Labute approximate surface area is 141 Å². The SMILES string of the molecule is CN(C(=O)c1cncc(C(=O)NC2CCCC2)c1)c1ccccc1. The first-order valence-corrected chi connectivity index (χ1v) is 8.24. The molecular formula is C19H21N3O2. The highest BCUT2D eigenvalue weighted by molar-refractivity contribution is 6.07. The van der Waals surface area contributed by atoms with Gasteiger partial charge >= 0.3 is 0 Å². The van der Waals surface area contributed by atoms with E-state index in [0.717, 1.165) is 31.4 Å². The number of amides is 2. The van der Waals surface area contributed by atoms with E-state index in [9.17, 15) is 9.59 Å². The molecule has 1 aliphatic rings. The van der Waals surface area contributed by atoms with Crippen LogP contribution in [0.1, 0.15) is 46.4 Å². The van der Waals surface area contributed by atoms with Gasteiger partial charge in [0.05, 0.1) is 11.1 Å². The Morgan fingerprint density at radius 3 is 2.46 bits per heavy atom. The number of hydrogen-bond acceptors (Lipinski definition) is 3. The number of carbonyl (C=O) groups excluding carboxylic acids is 2. The summed E-state index contributed by atoms with van der Waals surface area (Å²) in [5.74, 6) is -0.351. The number of aromatic nitrogens is 1. The maximum Gasteiger partial charge on any atom is 0.259 e. The van der Waals surface area contributed by atoms with Crippen molar-refractivity contribution in [1.82, 2.24) is 10.3 Å². The van der Waals surface area contributed by atoms with E-state index in [-0.39, 0.29) is 17.9 Å². The molecule has 0 aliphatic heterocycles. The molecule has 0 radical (unpaired) electrons. The van der Waals surface area contributed by atoms with Crippen LogP contribution in [0.5, 0.6) is 0 Å². The van der Waals surface area contributed by atoms with E-state index in [1.54, 1.807) is 18.0 Å². The molecule has 1 saturated carbocycles. The van der Waals surface area contributed by atoms with Gasteiger partial charge in [0.25, 0.3) is 11.8 Å². The molecular weight excluding hydrogens is 302 g/mol. The van der Waals surface area contributed by atoms with Crippen molar-refractivity contribution in [3.63, 3.8) is 0 Å². The summed E-state index contributed by atoms with van der Waals surface area (Å²) < 4.78 is 0. The van der Waals surface area contributed by atoms with Gasteiger partial charge in [0.2, 0.25) is 0 Å². The standard InChI is InChI=1S/C19H21N3O2/c1-22(17-9-3-2-4-10-17)19(24)15-11-14(12-20-13-15)18(23)21-16-7-5-6-8-16/h2-4,9-13,16H,5-8H2,1H3,(H,21,23). The van der Waals surface area contributed by atoms with Gasteiger partial charge in [0.1, 0.15) is 0 Å². The fourth-order valence-corrected chi connectivity index (χ4v) is 2.98. The zero-order valence-corrected chi connectivity index (χ0v) is 13.7. The van der Waals surface area contributed by atoms with Crippen LogP contribution in [0.3, 0.4) is 0 Å². The third-order valence-electron chi connectivity index (χ3n) is 4.39. The summed E-state index contributed by atoms with van der Waals surface area (Å²) in [7, 11) is 1.71. The molecule has 1 aromatic carbocycles. The van der Waals surface area contributed by atoms with E-state index in [4.69, 9.17) is 0 Å². The van der Waals surface area contributed by atoms with Gasteiger partial charge in [0.15, 0.2) is 0 Å². The highest BCUT2D eigenvalue weighted by Gasteiger charge is 2.20. The second kappa shape index (κ2) is 7.25. The Bertz CT molecular complexity index is 724. The molecule has 1 aliphatic carbocycles. The summed E-state index contributed by atoms with van der Waals surface area (Å²) in [4.78, 5) is 30.6. The van der Waals surface area contributed by atoms with Crippen LogP contribution >= 0.6 is 0 Å². The summed E-state index contributed by atoms with van der Waals surface area (Å²) in [6.07, 6.45) is 7.36. The van der Waals surface area contributed by atoms with Gasteiger partial charge < -0.3 is 10.2 Å². The zero-order chi connectivity index (χ0) is 16.9. The Morgan fingerprint density at radius 1 is 1.08 bits per heavy atom. The smallest absolute Gasteiger partial charge is 0.259 e. The number of pyridine rings is 1. The van der Waals surface area contributed by atoms with Crippen LogP contribution in [0.4, 0.5) is 5.69 Å². The fraction of sp³-hybridized carbons (Fsp3) is 0.316. The molecule has 1 N–H and O–H groups in total. The quantitative estimate of drug-likeness (QED) is 0.941. The van der Waals surface area contributed by atoms with Crippen molar-refractivity contribution in [1.29, 1.82) is 0 Å². The van der Waals surface area contributed by atoms with Crippen molar-refractivity contribution >= 4 is 17.5 Å². The Morgan fingerprint density at radius 2 is 1.75 bits per heavy atom. The average Bonchev–Trinajstić information content (AvgIpc) is 3.14. The number of benzene rings is 1. The molecule has 1 fully saturated rings. The van der Waals surface area contributed by atoms with Gasteiger partial charge in [-0.15, -0.1) is 0 Å². The molecule has 0 spiro atoms. The van der Waals surface area contributed by atoms with Crippen molar-refractivity contribution in [2.45, 2.75) is 31.7 Å². The maximum atomic E-state index is 12.6. The van der Waals surface area contributed by atoms with Gasteiger partial charge in [-0.3, -0.25) is 14.6 Å². The maximum absolute atomic E-state index is 12.6. The minimum Gasteiger partial charge on any atom is -0.349 e. The number of hydrogen-bond donors (Lipinski definition) is 1. The van der Waals surface area contributed by atoms with E-state index in [0.29, 0.717) is 11.1 Å². The highest BCUT2D eigenvalue weighted by Crippen LogP contribution is 2.19. The molecule has 2 amide bonds. The number of nitrogens with one attached hydrogen (secondary N) is 1. The normalized spacial score (nSPS) is 14.4. The minimum atomic E-state index is -0.191. The molecule has 1 heterocycles. The molecule has 0 atom stereocenters. The molecule has 24 heavy (non-hydrogen) atoms. The Kier molecular flexibility index (Phi) is 4.89. The Balaban J connectivity index is 1.74. The molecule has 0 saturated heterocycles. The summed E-state index contributed by atoms with van der Waals surface area (Å²) in [6.45, 7) is 0. The topological polar surface area (TPSA) is 62.3 Å². The van der Waals surface area contributed by atoms with Crippen LogP contribution in [0, 0.1) is 0 Å². The second-order valence-electron chi connectivity index (χ2n) is 6.12. The van der Waals surface area contributed by atoms with Crippen LogP contribution < -0.4 is 10.2 Å². The summed E-state index contributed by atoms with van der Waals surface area (Å²) in [5.41, 5.74) is 1.62. The van der Waals surface area contributed by atoms with Crippen molar-refractivity contribution in [3.05, 3.63) is 59.9 Å². The van der Waals surface area contributed by atoms with Crippen LogP contribution in [-0.4, -0.2) is 29.9 Å². The average molecular weight is 323 g/mol. The number of nitrogens with zero attached hydrogens (tertiary/aromatic N) is 2. The largest absolute Gasteiger partial charge is 0.349 e. The van der Waals surface area contributed by atoms with Crippen molar-refractivity contribution in [3.8, 4) is 0 Å². The molecule has 1 aromatic heterocycles. The van der Waals surface area contributed by atoms with E-state index in [1.165, 1.54) is 12.4 Å². The van der Waals surface area contributed by atoms with Gasteiger partial charge in [-0.2, -0.15) is 0 Å².